The van der Waals surface area contributed by atoms with Gasteiger partial charge < -0.3 is 15.7 Å². The molecule has 3 aromatic rings. The number of carboxylic acids is 1. The number of anilines is 1. The molecule has 0 aromatic heterocycles. The zero-order valence-electron chi connectivity index (χ0n) is 19.1. The first kappa shape index (κ1) is 26.8. The lowest BCUT2D eigenvalue weighted by Crippen LogP contribution is -2.24. The third kappa shape index (κ3) is 7.35. The fourth-order valence-electron chi connectivity index (χ4n) is 3.36. The molecule has 1 aliphatic rings. The van der Waals surface area contributed by atoms with Crippen LogP contribution >= 0.6 is 11.6 Å². The number of carbonyl (C=O) groups is 2. The number of amides is 1. The number of alkyl halides is 3. The Hall–Kier alpha value is -3.80. The van der Waals surface area contributed by atoms with Gasteiger partial charge in [-0.1, -0.05) is 53.9 Å². The lowest BCUT2D eigenvalue weighted by Gasteiger charge is -2.14. The van der Waals surface area contributed by atoms with Gasteiger partial charge in [0.1, 0.15) is 0 Å². The molecular formula is C27H22ClF3N2O3. The Morgan fingerprint density at radius 3 is 1.86 bits per heavy atom. The molecule has 1 saturated carbocycles. The standard InChI is InChI=1S/C25H21ClN2O.C2HF3O2/c1-27-25(16-17-25)21-9-2-18(3-10-21)4-15-24(29)28-23-13-7-20(8-14-23)19-5-11-22(26)12-6-19;3-2(4,5)1(6)7/h2-3,5-14,27H,16-17H2,1H3,(H,28,29);(H,6,7). The summed E-state index contributed by atoms with van der Waals surface area (Å²) in [5.41, 5.74) is 5.08. The number of rotatable bonds is 4. The van der Waals surface area contributed by atoms with E-state index in [-0.39, 0.29) is 11.4 Å². The van der Waals surface area contributed by atoms with Gasteiger partial charge in [0.2, 0.25) is 0 Å². The summed E-state index contributed by atoms with van der Waals surface area (Å²) in [5, 5.41) is 14.0. The number of hydrogen-bond donors (Lipinski definition) is 3. The van der Waals surface area contributed by atoms with E-state index in [9.17, 15) is 18.0 Å². The van der Waals surface area contributed by atoms with Crippen molar-refractivity contribution < 1.29 is 27.9 Å². The smallest absolute Gasteiger partial charge is 0.475 e. The Morgan fingerprint density at radius 1 is 0.917 bits per heavy atom. The molecule has 4 rings (SSSR count). The van der Waals surface area contributed by atoms with Gasteiger partial charge in [-0.3, -0.25) is 4.79 Å². The minimum Gasteiger partial charge on any atom is -0.475 e. The molecule has 0 radical (unpaired) electrons. The van der Waals surface area contributed by atoms with E-state index >= 15 is 0 Å². The second-order valence-corrected chi connectivity index (χ2v) is 8.44. The summed E-state index contributed by atoms with van der Waals surface area (Å²) in [6, 6.07) is 23.4. The number of hydrogen-bond acceptors (Lipinski definition) is 3. The molecule has 0 saturated heterocycles. The monoisotopic (exact) mass is 514 g/mol. The van der Waals surface area contributed by atoms with Crippen LogP contribution in [-0.4, -0.2) is 30.2 Å². The molecule has 9 heteroatoms. The molecule has 0 atom stereocenters. The molecule has 0 aliphatic heterocycles. The van der Waals surface area contributed by atoms with Crippen LogP contribution in [0, 0.1) is 11.8 Å². The number of carbonyl (C=O) groups excluding carboxylic acids is 1. The molecule has 1 fully saturated rings. The van der Waals surface area contributed by atoms with Gasteiger partial charge in [0.15, 0.2) is 0 Å². The van der Waals surface area contributed by atoms with Crippen LogP contribution in [0.25, 0.3) is 11.1 Å². The first-order valence-corrected chi connectivity index (χ1v) is 11.2. The topological polar surface area (TPSA) is 78.4 Å². The van der Waals surface area contributed by atoms with Crippen LogP contribution in [0.3, 0.4) is 0 Å². The summed E-state index contributed by atoms with van der Waals surface area (Å²) in [6.45, 7) is 0. The van der Waals surface area contributed by atoms with E-state index < -0.39 is 12.1 Å². The van der Waals surface area contributed by atoms with Crippen LogP contribution in [0.1, 0.15) is 24.0 Å². The van der Waals surface area contributed by atoms with Crippen molar-refractivity contribution in [2.75, 3.05) is 12.4 Å². The van der Waals surface area contributed by atoms with Gasteiger partial charge in [-0.25, -0.2) is 4.79 Å². The lowest BCUT2D eigenvalue weighted by molar-refractivity contribution is -0.192. The molecule has 3 N–H and O–H groups in total. The predicted octanol–water partition coefficient (Wildman–Crippen LogP) is 5.84. The Labute approximate surface area is 211 Å². The van der Waals surface area contributed by atoms with Crippen molar-refractivity contribution in [1.82, 2.24) is 5.32 Å². The predicted molar refractivity (Wildman–Crippen MR) is 133 cm³/mol. The highest BCUT2D eigenvalue weighted by Gasteiger charge is 2.42. The van der Waals surface area contributed by atoms with Crippen molar-refractivity contribution in [3.63, 3.8) is 0 Å². The SMILES string of the molecule is CNC1(c2ccc(C#CC(=O)Nc3ccc(-c4ccc(Cl)cc4)cc3)cc2)CC1.O=C(O)C(F)(F)F. The van der Waals surface area contributed by atoms with Crippen molar-refractivity contribution in [2.24, 2.45) is 0 Å². The number of halogens is 4. The number of carboxylic acid groups (broad SMARTS) is 1. The van der Waals surface area contributed by atoms with E-state index in [1.807, 2.05) is 67.7 Å². The van der Waals surface area contributed by atoms with Gasteiger partial charge in [-0.2, -0.15) is 13.2 Å². The van der Waals surface area contributed by atoms with E-state index in [1.165, 1.54) is 5.56 Å². The van der Waals surface area contributed by atoms with Crippen molar-refractivity contribution in [3.05, 3.63) is 88.9 Å². The van der Waals surface area contributed by atoms with Crippen LogP contribution < -0.4 is 10.6 Å². The second-order valence-electron chi connectivity index (χ2n) is 8.00. The minimum absolute atomic E-state index is 0.140. The van der Waals surface area contributed by atoms with Crippen molar-refractivity contribution in [1.29, 1.82) is 0 Å². The Morgan fingerprint density at radius 2 is 1.42 bits per heavy atom. The highest BCUT2D eigenvalue weighted by atomic mass is 35.5. The molecule has 186 valence electrons. The maximum absolute atomic E-state index is 12.2. The molecule has 0 heterocycles. The average molecular weight is 515 g/mol. The van der Waals surface area contributed by atoms with Crippen LogP contribution in [0.5, 0.6) is 0 Å². The maximum atomic E-state index is 12.2. The first-order valence-electron chi connectivity index (χ1n) is 10.8. The van der Waals surface area contributed by atoms with E-state index in [2.05, 4.69) is 34.6 Å². The average Bonchev–Trinajstić information content (AvgIpc) is 3.65. The highest BCUT2D eigenvalue weighted by Crippen LogP contribution is 2.44. The van der Waals surface area contributed by atoms with Crippen LogP contribution in [0.2, 0.25) is 5.02 Å². The van der Waals surface area contributed by atoms with Crippen LogP contribution in [-0.2, 0) is 15.1 Å². The van der Waals surface area contributed by atoms with Gasteiger partial charge in [-0.15, -0.1) is 0 Å². The van der Waals surface area contributed by atoms with Gasteiger partial charge in [0.05, 0.1) is 0 Å². The fraction of sp³-hybridized carbons (Fsp3) is 0.185. The van der Waals surface area contributed by atoms with E-state index in [1.54, 1.807) is 0 Å². The van der Waals surface area contributed by atoms with E-state index in [0.29, 0.717) is 10.7 Å². The Kier molecular flexibility index (Phi) is 8.41. The molecular weight excluding hydrogens is 493 g/mol. The highest BCUT2D eigenvalue weighted by molar-refractivity contribution is 6.30. The zero-order valence-corrected chi connectivity index (χ0v) is 19.9. The van der Waals surface area contributed by atoms with Gasteiger partial charge in [-0.05, 0) is 73.0 Å². The Balaban J connectivity index is 0.000000454. The summed E-state index contributed by atoms with van der Waals surface area (Å²) in [5.74, 6) is 2.50. The Bertz CT molecular complexity index is 1270. The fourth-order valence-corrected chi connectivity index (χ4v) is 3.49. The summed E-state index contributed by atoms with van der Waals surface area (Å²) in [4.78, 5) is 21.0. The van der Waals surface area contributed by atoms with E-state index in [0.717, 1.165) is 29.5 Å². The second kappa shape index (κ2) is 11.3. The largest absolute Gasteiger partial charge is 0.490 e. The molecule has 36 heavy (non-hydrogen) atoms. The first-order chi connectivity index (χ1) is 17.0. The molecule has 3 aromatic carbocycles. The zero-order chi connectivity index (χ0) is 26.3. The molecule has 1 amide bonds. The van der Waals surface area contributed by atoms with Crippen LogP contribution in [0.15, 0.2) is 72.8 Å². The van der Waals surface area contributed by atoms with Gasteiger partial charge in [0, 0.05) is 27.7 Å². The van der Waals surface area contributed by atoms with E-state index in [4.69, 9.17) is 21.5 Å². The maximum Gasteiger partial charge on any atom is 0.490 e. The molecule has 0 unspecified atom stereocenters. The van der Waals surface area contributed by atoms with Gasteiger partial charge in [0.25, 0.3) is 0 Å². The van der Waals surface area contributed by atoms with Crippen LogP contribution in [0.4, 0.5) is 18.9 Å². The van der Waals surface area contributed by atoms with Crippen molar-refractivity contribution in [3.8, 4) is 23.0 Å². The molecule has 0 bridgehead atoms. The quantitative estimate of drug-likeness (QED) is 0.382. The van der Waals surface area contributed by atoms with Crippen molar-refractivity contribution >= 4 is 29.2 Å². The summed E-state index contributed by atoms with van der Waals surface area (Å²) >= 11 is 5.93. The lowest BCUT2D eigenvalue weighted by atomic mass is 10.0. The van der Waals surface area contributed by atoms with Crippen molar-refractivity contribution in [2.45, 2.75) is 24.6 Å². The molecule has 5 nitrogen and oxygen atoms in total. The third-order valence-corrected chi connectivity index (χ3v) is 5.80. The summed E-state index contributed by atoms with van der Waals surface area (Å²) in [7, 11) is 1.99. The van der Waals surface area contributed by atoms with Gasteiger partial charge >= 0.3 is 18.1 Å². The summed E-state index contributed by atoms with van der Waals surface area (Å²) < 4.78 is 31.7. The minimum atomic E-state index is -5.08. The molecule has 1 aliphatic carbocycles. The normalized spacial score (nSPS) is 13.4. The number of aliphatic carboxylic acids is 1. The third-order valence-electron chi connectivity index (χ3n) is 5.55. The summed E-state index contributed by atoms with van der Waals surface area (Å²) in [6.07, 6.45) is -2.76. The molecule has 0 spiro atoms. The number of benzene rings is 3. The number of nitrogens with one attached hydrogen (secondary N) is 2.